The van der Waals surface area contributed by atoms with Crippen LogP contribution in [-0.2, 0) is 0 Å². The second-order valence-electron chi connectivity index (χ2n) is 2.43. The molecule has 1 atom stereocenters. The number of nitrogens with two attached hydrogens (primary N) is 1. The first-order valence-electron chi connectivity index (χ1n) is 3.48. The first-order chi connectivity index (χ1) is 5.65. The molecule has 0 aromatic heterocycles. The van der Waals surface area contributed by atoms with Crippen LogP contribution in [0.5, 0.6) is 0 Å². The van der Waals surface area contributed by atoms with Crippen molar-refractivity contribution in [2.45, 2.75) is 6.04 Å². The van der Waals surface area contributed by atoms with E-state index in [9.17, 15) is 4.39 Å². The van der Waals surface area contributed by atoms with Crippen LogP contribution in [0.15, 0.2) is 30.9 Å². The lowest BCUT2D eigenvalue weighted by molar-refractivity contribution is 0.602. The zero-order valence-corrected chi connectivity index (χ0v) is 8.41. The van der Waals surface area contributed by atoms with Gasteiger partial charge in [-0.1, -0.05) is 23.7 Å². The summed E-state index contributed by atoms with van der Waals surface area (Å²) in [4.78, 5) is 0. The van der Waals surface area contributed by atoms with Crippen LogP contribution in [0.3, 0.4) is 0 Å². The Bertz CT molecular complexity index is 302. The third-order valence-corrected chi connectivity index (χ3v) is 1.81. The molecule has 0 amide bonds. The van der Waals surface area contributed by atoms with Gasteiger partial charge in [-0.3, -0.25) is 0 Å². The fourth-order valence-electron chi connectivity index (χ4n) is 0.899. The molecule has 0 aliphatic heterocycles. The van der Waals surface area contributed by atoms with Crippen LogP contribution in [-0.4, -0.2) is 0 Å². The highest BCUT2D eigenvalue weighted by Gasteiger charge is 2.07. The van der Waals surface area contributed by atoms with E-state index in [1.165, 1.54) is 12.1 Å². The van der Waals surface area contributed by atoms with E-state index >= 15 is 0 Å². The zero-order chi connectivity index (χ0) is 9.14. The molecule has 1 nitrogen and oxygen atoms in total. The molecule has 1 aromatic rings. The maximum atomic E-state index is 13.1. The second kappa shape index (κ2) is 5.22. The van der Waals surface area contributed by atoms with Gasteiger partial charge in [-0.15, -0.1) is 19.0 Å². The predicted octanol–water partition coefficient (Wildman–Crippen LogP) is 3.09. The van der Waals surface area contributed by atoms with Gasteiger partial charge in [0, 0.05) is 10.6 Å². The lowest BCUT2D eigenvalue weighted by Gasteiger charge is -2.07. The number of hydrogen-bond acceptors (Lipinski definition) is 1. The monoisotopic (exact) mass is 221 g/mol. The van der Waals surface area contributed by atoms with Gasteiger partial charge >= 0.3 is 0 Å². The van der Waals surface area contributed by atoms with Crippen molar-refractivity contribution in [2.24, 2.45) is 5.73 Å². The first-order valence-corrected chi connectivity index (χ1v) is 3.86. The molecule has 72 valence electrons. The van der Waals surface area contributed by atoms with Crippen LogP contribution in [0.4, 0.5) is 4.39 Å². The highest BCUT2D eigenvalue weighted by molar-refractivity contribution is 6.30. The molecule has 1 aromatic carbocycles. The third kappa shape index (κ3) is 2.99. The summed E-state index contributed by atoms with van der Waals surface area (Å²) >= 11 is 5.56. The van der Waals surface area contributed by atoms with Gasteiger partial charge in [0.25, 0.3) is 0 Å². The van der Waals surface area contributed by atoms with Crippen molar-refractivity contribution in [3.63, 3.8) is 0 Å². The molecule has 0 unspecified atom stereocenters. The van der Waals surface area contributed by atoms with Gasteiger partial charge in [0.2, 0.25) is 0 Å². The highest BCUT2D eigenvalue weighted by Crippen LogP contribution is 2.19. The smallest absolute Gasteiger partial charge is 0.129 e. The molecule has 0 aliphatic rings. The van der Waals surface area contributed by atoms with E-state index in [4.69, 9.17) is 17.3 Å². The van der Waals surface area contributed by atoms with E-state index in [0.717, 1.165) is 0 Å². The summed E-state index contributed by atoms with van der Waals surface area (Å²) in [5.74, 6) is -0.394. The van der Waals surface area contributed by atoms with Gasteiger partial charge in [0.05, 0.1) is 6.04 Å². The van der Waals surface area contributed by atoms with E-state index in [2.05, 4.69) is 6.58 Å². The molecule has 0 spiro atoms. The fraction of sp³-hybridized carbons (Fsp3) is 0.111. The van der Waals surface area contributed by atoms with Gasteiger partial charge in [-0.2, -0.15) is 0 Å². The van der Waals surface area contributed by atoms with Crippen molar-refractivity contribution >= 4 is 24.0 Å². The number of benzene rings is 1. The van der Waals surface area contributed by atoms with Gasteiger partial charge in [0.15, 0.2) is 0 Å². The summed E-state index contributed by atoms with van der Waals surface area (Å²) in [6.45, 7) is 3.48. The lowest BCUT2D eigenvalue weighted by Crippen LogP contribution is -2.08. The second-order valence-corrected chi connectivity index (χ2v) is 2.86. The van der Waals surface area contributed by atoms with Crippen LogP contribution >= 0.6 is 24.0 Å². The largest absolute Gasteiger partial charge is 0.321 e. The van der Waals surface area contributed by atoms with Crippen LogP contribution < -0.4 is 5.73 Å². The average Bonchev–Trinajstić information content (AvgIpc) is 2.03. The van der Waals surface area contributed by atoms with Crippen LogP contribution in [0.2, 0.25) is 5.02 Å². The Morgan fingerprint density at radius 1 is 1.54 bits per heavy atom. The molecule has 0 radical (unpaired) electrons. The van der Waals surface area contributed by atoms with E-state index in [1.54, 1.807) is 12.1 Å². The van der Waals surface area contributed by atoms with Gasteiger partial charge < -0.3 is 5.73 Å². The normalized spacial score (nSPS) is 11.6. The number of hydrogen-bond donors (Lipinski definition) is 1. The fourth-order valence-corrected chi connectivity index (χ4v) is 1.06. The van der Waals surface area contributed by atoms with E-state index in [1.807, 2.05) is 0 Å². The molecule has 2 N–H and O–H groups in total. The Morgan fingerprint density at radius 2 is 2.15 bits per heavy atom. The van der Waals surface area contributed by atoms with Crippen LogP contribution in [0.25, 0.3) is 0 Å². The van der Waals surface area contributed by atoms with E-state index < -0.39 is 11.9 Å². The van der Waals surface area contributed by atoms with E-state index in [0.29, 0.717) is 10.6 Å². The minimum absolute atomic E-state index is 0. The minimum atomic E-state index is -0.470. The molecule has 0 saturated carbocycles. The summed E-state index contributed by atoms with van der Waals surface area (Å²) in [7, 11) is 0. The minimum Gasteiger partial charge on any atom is -0.321 e. The molecule has 0 bridgehead atoms. The SMILES string of the molecule is C=C[C@@H](N)c1ccc(Cl)cc1F.Cl. The Labute approximate surface area is 87.8 Å². The Morgan fingerprint density at radius 3 is 2.62 bits per heavy atom. The Balaban J connectivity index is 0.00000144. The standard InChI is InChI=1S/C9H9ClFN.ClH/c1-2-9(12)7-4-3-6(10)5-8(7)11;/h2-5,9H,1,12H2;1H/t9-;/m1./s1. The number of halogens is 3. The Hall–Kier alpha value is -0.570. The van der Waals surface area contributed by atoms with Crippen LogP contribution in [0, 0.1) is 5.82 Å². The van der Waals surface area contributed by atoms with Gasteiger partial charge in [0.1, 0.15) is 5.82 Å². The molecule has 0 aliphatic carbocycles. The summed E-state index contributed by atoms with van der Waals surface area (Å²) in [6, 6.07) is 3.93. The molecular weight excluding hydrogens is 212 g/mol. The third-order valence-electron chi connectivity index (χ3n) is 1.58. The highest BCUT2D eigenvalue weighted by atomic mass is 35.5. The summed E-state index contributed by atoms with van der Waals surface area (Å²) in [5.41, 5.74) is 5.96. The van der Waals surface area contributed by atoms with Crippen molar-refractivity contribution in [3.8, 4) is 0 Å². The number of rotatable bonds is 2. The van der Waals surface area contributed by atoms with Gasteiger partial charge in [-0.05, 0) is 12.1 Å². The molecule has 13 heavy (non-hydrogen) atoms. The quantitative estimate of drug-likeness (QED) is 0.764. The maximum absolute atomic E-state index is 13.1. The Kier molecular flexibility index (Phi) is 4.99. The van der Waals surface area contributed by atoms with Crippen LogP contribution in [0.1, 0.15) is 11.6 Å². The van der Waals surface area contributed by atoms with Crippen molar-refractivity contribution in [1.82, 2.24) is 0 Å². The molecule has 1 rings (SSSR count). The van der Waals surface area contributed by atoms with E-state index in [-0.39, 0.29) is 12.4 Å². The predicted molar refractivity (Wildman–Crippen MR) is 55.8 cm³/mol. The lowest BCUT2D eigenvalue weighted by atomic mass is 10.1. The topological polar surface area (TPSA) is 26.0 Å². The van der Waals surface area contributed by atoms with Crippen molar-refractivity contribution < 1.29 is 4.39 Å². The molecule has 0 heterocycles. The molecular formula is C9H10Cl2FN. The zero-order valence-electron chi connectivity index (χ0n) is 6.84. The molecule has 4 heteroatoms. The molecule has 0 saturated heterocycles. The summed E-state index contributed by atoms with van der Waals surface area (Å²) in [5, 5.41) is 0.368. The average molecular weight is 222 g/mol. The maximum Gasteiger partial charge on any atom is 0.129 e. The van der Waals surface area contributed by atoms with Gasteiger partial charge in [-0.25, -0.2) is 4.39 Å². The summed E-state index contributed by atoms with van der Waals surface area (Å²) in [6.07, 6.45) is 1.48. The van der Waals surface area contributed by atoms with Crippen molar-refractivity contribution in [3.05, 3.63) is 47.3 Å². The summed E-state index contributed by atoms with van der Waals surface area (Å²) < 4.78 is 13.1. The van der Waals surface area contributed by atoms with Crippen molar-refractivity contribution in [2.75, 3.05) is 0 Å². The molecule has 0 fully saturated rings. The van der Waals surface area contributed by atoms with Crippen molar-refractivity contribution in [1.29, 1.82) is 0 Å². The first kappa shape index (κ1) is 12.4.